The smallest absolute Gasteiger partial charge is 0.341 e. The Morgan fingerprint density at radius 2 is 1.85 bits per heavy atom. The summed E-state index contributed by atoms with van der Waals surface area (Å²) in [5.74, 6) is -3.40. The summed E-state index contributed by atoms with van der Waals surface area (Å²) in [7, 11) is -4.53. The summed E-state index contributed by atoms with van der Waals surface area (Å²) in [6.07, 6.45) is 1.59. The highest BCUT2D eigenvalue weighted by Gasteiger charge is 2.26. The van der Waals surface area contributed by atoms with E-state index < -0.39 is 15.6 Å². The molecule has 0 aliphatic carbocycles. The predicted molar refractivity (Wildman–Crippen MR) is 75.6 cm³/mol. The first-order chi connectivity index (χ1) is 9.25. The van der Waals surface area contributed by atoms with E-state index in [2.05, 4.69) is 5.32 Å². The zero-order valence-electron chi connectivity index (χ0n) is 11.6. The van der Waals surface area contributed by atoms with Gasteiger partial charge in [-0.1, -0.05) is 6.92 Å². The van der Waals surface area contributed by atoms with E-state index in [4.69, 9.17) is 5.73 Å². The van der Waals surface area contributed by atoms with E-state index in [1.807, 2.05) is 13.8 Å². The fraction of sp³-hybridized carbons (Fsp3) is 0.538. The third-order valence-corrected chi connectivity index (χ3v) is 4.74. The standard InChI is InChI=1S/C13H20F2N2O2S/c1-3-13(2,8-9-16)17-10-4-6-11(7-5-10)20(18,19)12(14)15/h4-7,12,17H,3,8-9,16H2,1-2H3. The number of benzene rings is 1. The van der Waals surface area contributed by atoms with Gasteiger partial charge in [-0.3, -0.25) is 0 Å². The average molecular weight is 306 g/mol. The maximum Gasteiger partial charge on any atom is 0.341 e. The zero-order chi connectivity index (χ0) is 15.4. The van der Waals surface area contributed by atoms with E-state index in [9.17, 15) is 17.2 Å². The first kappa shape index (κ1) is 16.8. The molecule has 0 radical (unpaired) electrons. The zero-order valence-corrected chi connectivity index (χ0v) is 12.4. The molecule has 0 fully saturated rings. The molecule has 0 spiro atoms. The van der Waals surface area contributed by atoms with Crippen molar-refractivity contribution in [3.63, 3.8) is 0 Å². The van der Waals surface area contributed by atoms with Gasteiger partial charge < -0.3 is 11.1 Å². The van der Waals surface area contributed by atoms with Gasteiger partial charge in [0, 0.05) is 11.2 Å². The summed E-state index contributed by atoms with van der Waals surface area (Å²) >= 11 is 0. The lowest BCUT2D eigenvalue weighted by atomic mass is 9.94. The minimum atomic E-state index is -4.53. The Morgan fingerprint density at radius 1 is 1.30 bits per heavy atom. The Labute approximate surface area is 118 Å². The number of anilines is 1. The van der Waals surface area contributed by atoms with E-state index in [0.29, 0.717) is 12.2 Å². The van der Waals surface area contributed by atoms with Crippen molar-refractivity contribution in [3.8, 4) is 0 Å². The number of nitrogens with one attached hydrogen (secondary N) is 1. The second-order valence-corrected chi connectivity index (χ2v) is 6.83. The van der Waals surface area contributed by atoms with Gasteiger partial charge in [0.25, 0.3) is 0 Å². The molecule has 1 rings (SSSR count). The second-order valence-electron chi connectivity index (χ2n) is 4.91. The van der Waals surface area contributed by atoms with Crippen LogP contribution >= 0.6 is 0 Å². The molecule has 1 aromatic rings. The summed E-state index contributed by atoms with van der Waals surface area (Å²) in [6, 6.07) is 5.34. The molecular weight excluding hydrogens is 286 g/mol. The number of nitrogens with two attached hydrogens (primary N) is 1. The van der Waals surface area contributed by atoms with Gasteiger partial charge in [-0.25, -0.2) is 8.42 Å². The summed E-state index contributed by atoms with van der Waals surface area (Å²) in [5, 5.41) is 3.25. The van der Waals surface area contributed by atoms with Crippen LogP contribution in [0.4, 0.5) is 14.5 Å². The predicted octanol–water partition coefficient (Wildman–Crippen LogP) is 2.61. The molecule has 1 unspecified atom stereocenters. The molecule has 0 bridgehead atoms. The molecule has 0 amide bonds. The number of rotatable bonds is 7. The van der Waals surface area contributed by atoms with E-state index in [0.717, 1.165) is 12.8 Å². The molecule has 0 aromatic heterocycles. The van der Waals surface area contributed by atoms with Crippen molar-refractivity contribution in [1.82, 2.24) is 0 Å². The lowest BCUT2D eigenvalue weighted by Gasteiger charge is -2.30. The monoisotopic (exact) mass is 306 g/mol. The summed E-state index contributed by atoms with van der Waals surface area (Å²) in [6.45, 7) is 4.54. The van der Waals surface area contributed by atoms with Crippen LogP contribution in [0.3, 0.4) is 0 Å². The lowest BCUT2D eigenvalue weighted by Crippen LogP contribution is -2.36. The third kappa shape index (κ3) is 3.89. The van der Waals surface area contributed by atoms with Crippen molar-refractivity contribution >= 4 is 15.5 Å². The number of halogens is 2. The Balaban J connectivity index is 2.93. The van der Waals surface area contributed by atoms with Crippen LogP contribution in [0.1, 0.15) is 26.7 Å². The third-order valence-electron chi connectivity index (χ3n) is 3.34. The van der Waals surface area contributed by atoms with Crippen LogP contribution in [0, 0.1) is 0 Å². The van der Waals surface area contributed by atoms with Crippen LogP contribution in [-0.2, 0) is 9.84 Å². The van der Waals surface area contributed by atoms with Crippen molar-refractivity contribution in [2.24, 2.45) is 5.73 Å². The van der Waals surface area contributed by atoms with Gasteiger partial charge in [0.1, 0.15) is 0 Å². The lowest BCUT2D eigenvalue weighted by molar-refractivity contribution is 0.234. The van der Waals surface area contributed by atoms with Crippen LogP contribution < -0.4 is 11.1 Å². The summed E-state index contributed by atoms with van der Waals surface area (Å²) < 4.78 is 47.4. The van der Waals surface area contributed by atoms with Crippen molar-refractivity contribution in [2.45, 2.75) is 42.9 Å². The molecule has 0 aliphatic rings. The fourth-order valence-electron chi connectivity index (χ4n) is 1.83. The number of hydrogen-bond acceptors (Lipinski definition) is 4. The summed E-state index contributed by atoms with van der Waals surface area (Å²) in [4.78, 5) is -0.380. The Hall–Kier alpha value is -1.21. The van der Waals surface area contributed by atoms with Gasteiger partial charge >= 0.3 is 5.76 Å². The van der Waals surface area contributed by atoms with Crippen LogP contribution in [0.2, 0.25) is 0 Å². The van der Waals surface area contributed by atoms with Gasteiger partial charge in [0.2, 0.25) is 9.84 Å². The number of alkyl halides is 2. The fourth-order valence-corrected chi connectivity index (χ4v) is 2.55. The average Bonchev–Trinajstić information content (AvgIpc) is 2.39. The first-order valence-corrected chi connectivity index (χ1v) is 7.90. The molecule has 1 atom stereocenters. The SMILES string of the molecule is CCC(C)(CCN)Nc1ccc(S(=O)(=O)C(F)F)cc1. The summed E-state index contributed by atoms with van der Waals surface area (Å²) in [5.41, 5.74) is 6.02. The van der Waals surface area contributed by atoms with E-state index in [1.54, 1.807) is 0 Å². The van der Waals surface area contributed by atoms with Crippen molar-refractivity contribution < 1.29 is 17.2 Å². The largest absolute Gasteiger partial charge is 0.380 e. The Kier molecular flexibility index (Phi) is 5.47. The van der Waals surface area contributed by atoms with Crippen LogP contribution in [0.5, 0.6) is 0 Å². The molecule has 0 saturated carbocycles. The molecule has 7 heteroatoms. The molecule has 20 heavy (non-hydrogen) atoms. The maximum atomic E-state index is 12.4. The van der Waals surface area contributed by atoms with Crippen molar-refractivity contribution in [2.75, 3.05) is 11.9 Å². The highest BCUT2D eigenvalue weighted by molar-refractivity contribution is 7.91. The maximum absolute atomic E-state index is 12.4. The highest BCUT2D eigenvalue weighted by atomic mass is 32.2. The molecule has 114 valence electrons. The van der Waals surface area contributed by atoms with Gasteiger partial charge in [-0.05, 0) is 50.6 Å². The topological polar surface area (TPSA) is 72.2 Å². The second kappa shape index (κ2) is 6.49. The molecule has 0 heterocycles. The van der Waals surface area contributed by atoms with Crippen LogP contribution in [0.25, 0.3) is 0 Å². The van der Waals surface area contributed by atoms with Gasteiger partial charge in [-0.2, -0.15) is 8.78 Å². The molecule has 1 aromatic carbocycles. The molecule has 4 nitrogen and oxygen atoms in total. The van der Waals surface area contributed by atoms with E-state index >= 15 is 0 Å². The van der Waals surface area contributed by atoms with E-state index in [1.165, 1.54) is 24.3 Å². The van der Waals surface area contributed by atoms with Crippen LogP contribution in [-0.4, -0.2) is 26.3 Å². The van der Waals surface area contributed by atoms with Gasteiger partial charge in [0.15, 0.2) is 0 Å². The minimum Gasteiger partial charge on any atom is -0.380 e. The Morgan fingerprint density at radius 3 is 2.25 bits per heavy atom. The Bertz CT molecular complexity index is 532. The normalized spacial score (nSPS) is 15.1. The minimum absolute atomic E-state index is 0.210. The molecule has 0 saturated heterocycles. The first-order valence-electron chi connectivity index (χ1n) is 6.35. The molecule has 3 N–H and O–H groups in total. The number of sulfone groups is 1. The van der Waals surface area contributed by atoms with Crippen LogP contribution in [0.15, 0.2) is 29.2 Å². The van der Waals surface area contributed by atoms with Crippen molar-refractivity contribution in [3.05, 3.63) is 24.3 Å². The van der Waals surface area contributed by atoms with Gasteiger partial charge in [0.05, 0.1) is 4.90 Å². The molecule has 0 aliphatic heterocycles. The van der Waals surface area contributed by atoms with E-state index in [-0.39, 0.29) is 10.4 Å². The quantitative estimate of drug-likeness (QED) is 0.812. The number of hydrogen-bond donors (Lipinski definition) is 2. The van der Waals surface area contributed by atoms with Gasteiger partial charge in [-0.15, -0.1) is 0 Å². The molecular formula is C13H20F2N2O2S. The highest BCUT2D eigenvalue weighted by Crippen LogP contribution is 2.24. The van der Waals surface area contributed by atoms with Crippen molar-refractivity contribution in [1.29, 1.82) is 0 Å².